The Kier molecular flexibility index (Phi) is 6.31. The van der Waals surface area contributed by atoms with Crippen LogP contribution in [-0.4, -0.2) is 31.8 Å². The van der Waals surface area contributed by atoms with Gasteiger partial charge in [-0.1, -0.05) is 13.8 Å². The average Bonchev–Trinajstić information content (AvgIpc) is 2.08. The van der Waals surface area contributed by atoms with Gasteiger partial charge in [0.05, 0.1) is 6.61 Å². The zero-order valence-electron chi connectivity index (χ0n) is 8.86. The molecular formula is C9H16F3NO2. The van der Waals surface area contributed by atoms with Crippen LogP contribution in [0.25, 0.3) is 0 Å². The molecule has 0 aromatic carbocycles. The molecule has 0 aliphatic heterocycles. The normalized spacial score (nSPS) is 11.9. The van der Waals surface area contributed by atoms with Crippen LogP contribution >= 0.6 is 0 Å². The third-order valence-electron chi connectivity index (χ3n) is 1.63. The fourth-order valence-corrected chi connectivity index (χ4v) is 0.758. The number of hydrogen-bond acceptors (Lipinski definition) is 2. The summed E-state index contributed by atoms with van der Waals surface area (Å²) in [5.74, 6) is -1.43. The van der Waals surface area contributed by atoms with Crippen molar-refractivity contribution in [3.05, 3.63) is 0 Å². The fourth-order valence-electron chi connectivity index (χ4n) is 0.758. The van der Waals surface area contributed by atoms with Crippen LogP contribution in [0, 0.1) is 5.92 Å². The van der Waals surface area contributed by atoms with Crippen molar-refractivity contribution in [3.63, 3.8) is 0 Å². The van der Waals surface area contributed by atoms with Gasteiger partial charge in [0.1, 0.15) is 0 Å². The van der Waals surface area contributed by atoms with Gasteiger partial charge in [-0.3, -0.25) is 4.79 Å². The zero-order chi connectivity index (χ0) is 11.9. The molecular weight excluding hydrogens is 211 g/mol. The summed E-state index contributed by atoms with van der Waals surface area (Å²) < 4.78 is 40.1. The van der Waals surface area contributed by atoms with Gasteiger partial charge in [0.2, 0.25) is 0 Å². The van der Waals surface area contributed by atoms with E-state index in [2.05, 4.69) is 0 Å². The maximum absolute atomic E-state index is 11.7. The van der Waals surface area contributed by atoms with E-state index in [1.807, 2.05) is 13.8 Å². The van der Waals surface area contributed by atoms with Crippen molar-refractivity contribution < 1.29 is 22.7 Å². The molecule has 0 aromatic heterocycles. The molecule has 15 heavy (non-hydrogen) atoms. The SMILES string of the molecule is CC(C)CCOCCNC(=O)C(F)(F)F. The standard InChI is InChI=1S/C9H16F3NO2/c1-7(2)3-5-15-6-4-13-8(14)9(10,11)12/h7H,3-6H2,1-2H3,(H,13,14). The summed E-state index contributed by atoms with van der Waals surface area (Å²) in [4.78, 5) is 10.3. The Morgan fingerprint density at radius 3 is 2.40 bits per heavy atom. The molecule has 0 rings (SSSR count). The maximum Gasteiger partial charge on any atom is 0.471 e. The Hall–Kier alpha value is -0.780. The third-order valence-corrected chi connectivity index (χ3v) is 1.63. The molecule has 0 bridgehead atoms. The molecule has 0 aromatic rings. The number of amides is 1. The van der Waals surface area contributed by atoms with Crippen LogP contribution in [0.15, 0.2) is 0 Å². The van der Waals surface area contributed by atoms with Crippen molar-refractivity contribution >= 4 is 5.91 Å². The van der Waals surface area contributed by atoms with Gasteiger partial charge in [-0.05, 0) is 12.3 Å². The number of halogens is 3. The number of hydrogen-bond donors (Lipinski definition) is 1. The smallest absolute Gasteiger partial charge is 0.380 e. The van der Waals surface area contributed by atoms with Crippen molar-refractivity contribution in [2.24, 2.45) is 5.92 Å². The molecule has 6 heteroatoms. The van der Waals surface area contributed by atoms with Crippen LogP contribution in [0.3, 0.4) is 0 Å². The number of ether oxygens (including phenoxy) is 1. The van der Waals surface area contributed by atoms with Gasteiger partial charge >= 0.3 is 12.1 Å². The van der Waals surface area contributed by atoms with Gasteiger partial charge in [-0.15, -0.1) is 0 Å². The Morgan fingerprint density at radius 1 is 1.33 bits per heavy atom. The van der Waals surface area contributed by atoms with E-state index in [9.17, 15) is 18.0 Å². The molecule has 0 unspecified atom stereocenters. The first-order valence-electron chi connectivity index (χ1n) is 4.76. The van der Waals surface area contributed by atoms with Crippen molar-refractivity contribution in [3.8, 4) is 0 Å². The van der Waals surface area contributed by atoms with Crippen LogP contribution in [-0.2, 0) is 9.53 Å². The molecule has 0 spiro atoms. The second-order valence-electron chi connectivity index (χ2n) is 3.55. The number of carbonyl (C=O) groups is 1. The van der Waals surface area contributed by atoms with Crippen LogP contribution in [0.2, 0.25) is 0 Å². The third kappa shape index (κ3) is 8.23. The molecule has 1 amide bonds. The zero-order valence-corrected chi connectivity index (χ0v) is 8.86. The van der Waals surface area contributed by atoms with E-state index < -0.39 is 12.1 Å². The molecule has 0 aliphatic rings. The minimum atomic E-state index is -4.81. The monoisotopic (exact) mass is 227 g/mol. The van der Waals surface area contributed by atoms with E-state index >= 15 is 0 Å². The first-order valence-corrected chi connectivity index (χ1v) is 4.76. The largest absolute Gasteiger partial charge is 0.471 e. The lowest BCUT2D eigenvalue weighted by molar-refractivity contribution is -0.173. The van der Waals surface area contributed by atoms with Crippen molar-refractivity contribution in [2.75, 3.05) is 19.8 Å². The molecule has 0 saturated heterocycles. The first-order chi connectivity index (χ1) is 6.84. The lowest BCUT2D eigenvalue weighted by Crippen LogP contribution is -2.38. The van der Waals surface area contributed by atoms with Crippen LogP contribution in [0.5, 0.6) is 0 Å². The highest BCUT2D eigenvalue weighted by atomic mass is 19.4. The van der Waals surface area contributed by atoms with Gasteiger partial charge in [-0.2, -0.15) is 13.2 Å². The fraction of sp³-hybridized carbons (Fsp3) is 0.889. The quantitative estimate of drug-likeness (QED) is 0.702. The Bertz CT molecular complexity index is 192. The van der Waals surface area contributed by atoms with Crippen molar-refractivity contribution in [1.82, 2.24) is 5.32 Å². The number of rotatable bonds is 6. The van der Waals surface area contributed by atoms with E-state index in [1.165, 1.54) is 0 Å². The van der Waals surface area contributed by atoms with Gasteiger partial charge in [-0.25, -0.2) is 0 Å². The number of carbonyl (C=O) groups excluding carboxylic acids is 1. The predicted molar refractivity (Wildman–Crippen MR) is 49.3 cm³/mol. The van der Waals surface area contributed by atoms with Crippen molar-refractivity contribution in [1.29, 1.82) is 0 Å². The molecule has 90 valence electrons. The molecule has 0 atom stereocenters. The highest BCUT2D eigenvalue weighted by Crippen LogP contribution is 2.13. The molecule has 0 fully saturated rings. The Labute approximate surface area is 87.0 Å². The second-order valence-corrected chi connectivity index (χ2v) is 3.55. The highest BCUT2D eigenvalue weighted by Gasteiger charge is 2.38. The lowest BCUT2D eigenvalue weighted by Gasteiger charge is -2.09. The Balaban J connectivity index is 3.36. The summed E-state index contributed by atoms with van der Waals surface area (Å²) in [6, 6.07) is 0. The van der Waals surface area contributed by atoms with Gasteiger partial charge in [0.25, 0.3) is 0 Å². The summed E-state index contributed by atoms with van der Waals surface area (Å²) >= 11 is 0. The predicted octanol–water partition coefficient (Wildman–Crippen LogP) is 1.73. The molecule has 0 heterocycles. The molecule has 0 saturated carbocycles. The Morgan fingerprint density at radius 2 is 1.93 bits per heavy atom. The first kappa shape index (κ1) is 14.2. The summed E-state index contributed by atoms with van der Waals surface area (Å²) in [5.41, 5.74) is 0. The number of nitrogens with one attached hydrogen (secondary N) is 1. The van der Waals surface area contributed by atoms with E-state index in [4.69, 9.17) is 4.74 Å². The topological polar surface area (TPSA) is 38.3 Å². The maximum atomic E-state index is 11.7. The summed E-state index contributed by atoms with van der Waals surface area (Å²) in [6.45, 7) is 4.54. The summed E-state index contributed by atoms with van der Waals surface area (Å²) in [6.07, 6.45) is -3.95. The molecule has 3 nitrogen and oxygen atoms in total. The van der Waals surface area contributed by atoms with Gasteiger partial charge in [0, 0.05) is 13.2 Å². The summed E-state index contributed by atoms with van der Waals surface area (Å²) in [7, 11) is 0. The molecule has 0 radical (unpaired) electrons. The second kappa shape index (κ2) is 6.66. The molecule has 0 aliphatic carbocycles. The van der Waals surface area contributed by atoms with Gasteiger partial charge < -0.3 is 10.1 Å². The van der Waals surface area contributed by atoms with Crippen LogP contribution in [0.4, 0.5) is 13.2 Å². The molecule has 1 N–H and O–H groups in total. The van der Waals surface area contributed by atoms with E-state index in [0.717, 1.165) is 6.42 Å². The van der Waals surface area contributed by atoms with Crippen molar-refractivity contribution in [2.45, 2.75) is 26.4 Å². The lowest BCUT2D eigenvalue weighted by atomic mass is 10.1. The highest BCUT2D eigenvalue weighted by molar-refractivity contribution is 5.81. The van der Waals surface area contributed by atoms with Crippen LogP contribution < -0.4 is 5.32 Å². The summed E-state index contributed by atoms with van der Waals surface area (Å²) in [5, 5.41) is 1.72. The van der Waals surface area contributed by atoms with Gasteiger partial charge in [0.15, 0.2) is 0 Å². The average molecular weight is 227 g/mol. The minimum Gasteiger partial charge on any atom is -0.380 e. The minimum absolute atomic E-state index is 0.106. The van der Waals surface area contributed by atoms with Crippen LogP contribution in [0.1, 0.15) is 20.3 Å². The van der Waals surface area contributed by atoms with E-state index in [-0.39, 0.29) is 13.2 Å². The number of alkyl halides is 3. The van der Waals surface area contributed by atoms with E-state index in [1.54, 1.807) is 5.32 Å². The van der Waals surface area contributed by atoms with E-state index in [0.29, 0.717) is 12.5 Å².